The molecule has 2 aromatic carbocycles. The van der Waals surface area contributed by atoms with Crippen LogP contribution < -0.4 is 20.1 Å². The third-order valence-electron chi connectivity index (χ3n) is 3.73. The average molecular weight is 406 g/mol. The summed E-state index contributed by atoms with van der Waals surface area (Å²) in [4.78, 5) is 12.6. The quantitative estimate of drug-likeness (QED) is 0.657. The molecule has 1 amide bonds. The number of nitrogens with one attached hydrogen (secondary N) is 3. The van der Waals surface area contributed by atoms with Crippen molar-refractivity contribution in [2.75, 3.05) is 17.7 Å². The molecular formula is C20H27N3O4S. The maximum Gasteiger partial charge on any atom is 0.246 e. The van der Waals surface area contributed by atoms with Gasteiger partial charge in [0.2, 0.25) is 15.9 Å². The Kier molecular flexibility index (Phi) is 6.69. The van der Waals surface area contributed by atoms with Crippen LogP contribution in [-0.4, -0.2) is 33.0 Å². The Morgan fingerprint density at radius 1 is 1.07 bits per heavy atom. The highest BCUT2D eigenvalue weighted by atomic mass is 32.2. The smallest absolute Gasteiger partial charge is 0.246 e. The molecule has 2 rings (SSSR count). The minimum Gasteiger partial charge on any atom is -0.495 e. The van der Waals surface area contributed by atoms with Crippen LogP contribution in [0.2, 0.25) is 0 Å². The van der Waals surface area contributed by atoms with Crippen LogP contribution >= 0.6 is 0 Å². The van der Waals surface area contributed by atoms with Gasteiger partial charge < -0.3 is 15.4 Å². The fourth-order valence-corrected chi connectivity index (χ4v) is 3.98. The van der Waals surface area contributed by atoms with E-state index in [0.717, 1.165) is 0 Å². The van der Waals surface area contributed by atoms with Gasteiger partial charge in [0.1, 0.15) is 11.8 Å². The molecule has 28 heavy (non-hydrogen) atoms. The fourth-order valence-electron chi connectivity index (χ4n) is 2.52. The summed E-state index contributed by atoms with van der Waals surface area (Å²) in [6.45, 7) is 7.02. The number of hydrogen-bond donors (Lipinski definition) is 3. The van der Waals surface area contributed by atoms with E-state index in [1.165, 1.54) is 19.2 Å². The summed E-state index contributed by atoms with van der Waals surface area (Å²) in [5, 5.41) is 5.83. The predicted molar refractivity (Wildman–Crippen MR) is 111 cm³/mol. The number of benzene rings is 2. The summed E-state index contributed by atoms with van der Waals surface area (Å²) in [5.41, 5.74) is 0.498. The van der Waals surface area contributed by atoms with Crippen LogP contribution in [0.5, 0.6) is 5.75 Å². The average Bonchev–Trinajstić information content (AvgIpc) is 2.60. The Morgan fingerprint density at radius 3 is 2.39 bits per heavy atom. The van der Waals surface area contributed by atoms with Gasteiger partial charge in [-0.05, 0) is 58.0 Å². The van der Waals surface area contributed by atoms with Crippen LogP contribution in [0.15, 0.2) is 53.4 Å². The summed E-state index contributed by atoms with van der Waals surface area (Å²) in [6.07, 6.45) is 0. The molecule has 0 aromatic heterocycles. The minimum atomic E-state index is -3.66. The van der Waals surface area contributed by atoms with Gasteiger partial charge in [0.25, 0.3) is 0 Å². The highest BCUT2D eigenvalue weighted by Crippen LogP contribution is 2.23. The SMILES string of the molecule is COc1ccccc1NC(=O)[C@@H](C)Nc1cccc(S(=O)(=O)NC(C)(C)C)c1. The molecule has 8 heteroatoms. The van der Waals surface area contributed by atoms with E-state index in [0.29, 0.717) is 17.1 Å². The second-order valence-corrected chi connectivity index (χ2v) is 9.12. The second-order valence-electron chi connectivity index (χ2n) is 7.44. The molecule has 0 bridgehead atoms. The molecule has 2 aromatic rings. The van der Waals surface area contributed by atoms with Crippen molar-refractivity contribution < 1.29 is 17.9 Å². The number of amides is 1. The minimum absolute atomic E-state index is 0.129. The molecule has 0 saturated heterocycles. The first-order valence-electron chi connectivity index (χ1n) is 8.86. The summed E-state index contributed by atoms with van der Waals surface area (Å²) in [7, 11) is -2.13. The van der Waals surface area contributed by atoms with Gasteiger partial charge >= 0.3 is 0 Å². The molecule has 0 heterocycles. The van der Waals surface area contributed by atoms with Gasteiger partial charge in [-0.15, -0.1) is 0 Å². The highest BCUT2D eigenvalue weighted by Gasteiger charge is 2.22. The number of methoxy groups -OCH3 is 1. The van der Waals surface area contributed by atoms with Crippen molar-refractivity contribution in [2.45, 2.75) is 44.2 Å². The van der Waals surface area contributed by atoms with Crippen molar-refractivity contribution in [2.24, 2.45) is 0 Å². The van der Waals surface area contributed by atoms with Crippen LogP contribution in [-0.2, 0) is 14.8 Å². The summed E-state index contributed by atoms with van der Waals surface area (Å²) >= 11 is 0. The molecule has 0 spiro atoms. The Bertz CT molecular complexity index is 936. The lowest BCUT2D eigenvalue weighted by Crippen LogP contribution is -2.40. The molecule has 3 N–H and O–H groups in total. The largest absolute Gasteiger partial charge is 0.495 e. The molecule has 0 aliphatic rings. The van der Waals surface area contributed by atoms with Gasteiger partial charge in [-0.25, -0.2) is 13.1 Å². The van der Waals surface area contributed by atoms with Gasteiger partial charge in [0.05, 0.1) is 17.7 Å². The number of para-hydroxylation sites is 2. The number of carbonyl (C=O) groups is 1. The van der Waals surface area contributed by atoms with E-state index in [2.05, 4.69) is 15.4 Å². The van der Waals surface area contributed by atoms with Crippen LogP contribution in [0, 0.1) is 0 Å². The van der Waals surface area contributed by atoms with Crippen molar-refractivity contribution in [3.8, 4) is 5.75 Å². The Hall–Kier alpha value is -2.58. The van der Waals surface area contributed by atoms with Crippen molar-refractivity contribution in [3.63, 3.8) is 0 Å². The fraction of sp³-hybridized carbons (Fsp3) is 0.350. The number of anilines is 2. The number of ether oxygens (including phenoxy) is 1. The lowest BCUT2D eigenvalue weighted by Gasteiger charge is -2.21. The van der Waals surface area contributed by atoms with Crippen LogP contribution in [0.1, 0.15) is 27.7 Å². The molecule has 1 atom stereocenters. The molecule has 0 aliphatic carbocycles. The molecule has 0 saturated carbocycles. The van der Waals surface area contributed by atoms with Crippen molar-refractivity contribution in [3.05, 3.63) is 48.5 Å². The Labute approximate surface area is 166 Å². The van der Waals surface area contributed by atoms with Gasteiger partial charge in [0.15, 0.2) is 0 Å². The first-order valence-corrected chi connectivity index (χ1v) is 10.3. The molecule has 7 nitrogen and oxygen atoms in total. The maximum absolute atomic E-state index is 12.5. The molecule has 152 valence electrons. The highest BCUT2D eigenvalue weighted by molar-refractivity contribution is 7.89. The first-order chi connectivity index (χ1) is 13.0. The lowest BCUT2D eigenvalue weighted by molar-refractivity contribution is -0.116. The monoisotopic (exact) mass is 405 g/mol. The van der Waals surface area contributed by atoms with E-state index in [-0.39, 0.29) is 10.8 Å². The van der Waals surface area contributed by atoms with Crippen LogP contribution in [0.4, 0.5) is 11.4 Å². The van der Waals surface area contributed by atoms with E-state index < -0.39 is 21.6 Å². The Morgan fingerprint density at radius 2 is 1.75 bits per heavy atom. The van der Waals surface area contributed by atoms with E-state index in [4.69, 9.17) is 4.74 Å². The van der Waals surface area contributed by atoms with Crippen molar-refractivity contribution >= 4 is 27.3 Å². The zero-order chi connectivity index (χ0) is 20.9. The predicted octanol–water partition coefficient (Wildman–Crippen LogP) is 3.21. The third kappa shape index (κ3) is 5.97. The number of hydrogen-bond acceptors (Lipinski definition) is 5. The molecule has 0 fully saturated rings. The van der Waals surface area contributed by atoms with E-state index >= 15 is 0 Å². The van der Waals surface area contributed by atoms with Gasteiger partial charge in [-0.2, -0.15) is 0 Å². The first kappa shape index (κ1) is 21.7. The second kappa shape index (κ2) is 8.62. The normalized spacial score (nSPS) is 12.9. The standard InChI is InChI=1S/C20H27N3O4S/c1-14(19(24)22-17-11-6-7-12-18(17)27-5)21-15-9-8-10-16(13-15)28(25,26)23-20(2,3)4/h6-14,21,23H,1-5H3,(H,22,24)/t14-/m1/s1. The van der Waals surface area contributed by atoms with Crippen LogP contribution in [0.3, 0.4) is 0 Å². The molecule has 0 radical (unpaired) electrons. The topological polar surface area (TPSA) is 96.5 Å². The van der Waals surface area contributed by atoms with Crippen molar-refractivity contribution in [1.82, 2.24) is 4.72 Å². The Balaban J connectivity index is 2.12. The van der Waals surface area contributed by atoms with Gasteiger partial charge in [0, 0.05) is 11.2 Å². The lowest BCUT2D eigenvalue weighted by atomic mass is 10.1. The summed E-state index contributed by atoms with van der Waals surface area (Å²) in [5.74, 6) is 0.287. The van der Waals surface area contributed by atoms with Gasteiger partial charge in [-0.1, -0.05) is 18.2 Å². The summed E-state index contributed by atoms with van der Waals surface area (Å²) < 4.78 is 32.8. The molecule has 0 aliphatic heterocycles. The summed E-state index contributed by atoms with van der Waals surface area (Å²) in [6, 6.07) is 12.9. The van der Waals surface area contributed by atoms with E-state index in [1.54, 1.807) is 58.0 Å². The van der Waals surface area contributed by atoms with E-state index in [1.807, 2.05) is 6.07 Å². The zero-order valence-electron chi connectivity index (χ0n) is 16.7. The number of rotatable bonds is 7. The third-order valence-corrected chi connectivity index (χ3v) is 5.48. The molecular weight excluding hydrogens is 378 g/mol. The molecule has 0 unspecified atom stereocenters. The zero-order valence-corrected chi connectivity index (χ0v) is 17.6. The van der Waals surface area contributed by atoms with Crippen LogP contribution in [0.25, 0.3) is 0 Å². The van der Waals surface area contributed by atoms with E-state index in [9.17, 15) is 13.2 Å². The maximum atomic E-state index is 12.5. The number of sulfonamides is 1. The number of carbonyl (C=O) groups excluding carboxylic acids is 1. The van der Waals surface area contributed by atoms with Crippen molar-refractivity contribution in [1.29, 1.82) is 0 Å². The van der Waals surface area contributed by atoms with Gasteiger partial charge in [-0.3, -0.25) is 4.79 Å².